The Morgan fingerprint density at radius 1 is 1.03 bits per heavy atom. The maximum atomic E-state index is 14.1. The molecular formula is C31H35FN2O2S. The van der Waals surface area contributed by atoms with Gasteiger partial charge in [0, 0.05) is 17.4 Å². The number of hydrogen-bond acceptors (Lipinski definition) is 3. The molecular weight excluding hydrogens is 483 g/mol. The summed E-state index contributed by atoms with van der Waals surface area (Å²) in [5, 5.41) is 2.68. The van der Waals surface area contributed by atoms with Gasteiger partial charge >= 0.3 is 0 Å². The molecule has 4 nitrogen and oxygen atoms in total. The number of nitrogens with one attached hydrogen (secondary N) is 1. The Labute approximate surface area is 223 Å². The van der Waals surface area contributed by atoms with E-state index in [0.29, 0.717) is 16.9 Å². The van der Waals surface area contributed by atoms with Crippen LogP contribution in [-0.2, 0) is 16.6 Å². The molecule has 6 heteroatoms. The van der Waals surface area contributed by atoms with Gasteiger partial charge in [0.2, 0.25) is 5.91 Å². The number of thioether (sulfide) groups is 1. The van der Waals surface area contributed by atoms with E-state index in [2.05, 4.69) is 38.2 Å². The molecule has 0 radical (unpaired) electrons. The van der Waals surface area contributed by atoms with E-state index < -0.39 is 11.4 Å². The fourth-order valence-corrected chi connectivity index (χ4v) is 5.99. The van der Waals surface area contributed by atoms with Gasteiger partial charge in [0.15, 0.2) is 0 Å². The van der Waals surface area contributed by atoms with E-state index in [1.807, 2.05) is 55.5 Å². The molecule has 0 spiro atoms. The molecule has 4 rings (SSSR count). The van der Waals surface area contributed by atoms with E-state index in [1.165, 1.54) is 29.5 Å². The van der Waals surface area contributed by atoms with Crippen LogP contribution in [0.2, 0.25) is 0 Å². The van der Waals surface area contributed by atoms with Crippen LogP contribution in [0.5, 0.6) is 0 Å². The second kappa shape index (κ2) is 11.5. The highest BCUT2D eigenvalue weighted by molar-refractivity contribution is 7.99. The van der Waals surface area contributed by atoms with Crippen LogP contribution in [0.4, 0.5) is 4.39 Å². The van der Waals surface area contributed by atoms with Crippen molar-refractivity contribution in [1.82, 2.24) is 10.2 Å². The number of rotatable bonds is 7. The molecule has 2 amide bonds. The summed E-state index contributed by atoms with van der Waals surface area (Å²) in [4.78, 5) is 28.9. The Balaban J connectivity index is 1.54. The van der Waals surface area contributed by atoms with Crippen molar-refractivity contribution in [3.05, 3.63) is 107 Å². The van der Waals surface area contributed by atoms with Gasteiger partial charge in [-0.15, -0.1) is 11.8 Å². The van der Waals surface area contributed by atoms with Crippen LogP contribution in [0.25, 0.3) is 0 Å². The molecule has 3 aromatic rings. The van der Waals surface area contributed by atoms with Gasteiger partial charge in [0.1, 0.15) is 17.2 Å². The molecule has 0 saturated carbocycles. The van der Waals surface area contributed by atoms with Crippen molar-refractivity contribution in [2.24, 2.45) is 0 Å². The molecule has 1 N–H and O–H groups in total. The van der Waals surface area contributed by atoms with Crippen molar-refractivity contribution >= 4 is 23.6 Å². The Kier molecular flexibility index (Phi) is 8.38. The third-order valence-corrected chi connectivity index (χ3v) is 8.09. The second-order valence-corrected chi connectivity index (χ2v) is 11.8. The summed E-state index contributed by atoms with van der Waals surface area (Å²) in [6, 6.07) is 23.4. The van der Waals surface area contributed by atoms with E-state index in [0.717, 1.165) is 18.4 Å². The molecule has 1 heterocycles. The molecule has 0 bridgehead atoms. The fourth-order valence-electron chi connectivity index (χ4n) is 4.57. The van der Waals surface area contributed by atoms with Crippen LogP contribution in [0, 0.1) is 5.82 Å². The average Bonchev–Trinajstić information content (AvgIpc) is 3.33. The molecule has 1 aliphatic rings. The second-order valence-electron chi connectivity index (χ2n) is 10.7. The lowest BCUT2D eigenvalue weighted by Gasteiger charge is -2.30. The summed E-state index contributed by atoms with van der Waals surface area (Å²) in [7, 11) is 0. The topological polar surface area (TPSA) is 49.4 Å². The summed E-state index contributed by atoms with van der Waals surface area (Å²) < 4.78 is 14.1. The van der Waals surface area contributed by atoms with Gasteiger partial charge in [-0.2, -0.15) is 0 Å². The summed E-state index contributed by atoms with van der Waals surface area (Å²) in [5.41, 5.74) is 3.52. The van der Waals surface area contributed by atoms with Gasteiger partial charge in [-0.05, 0) is 66.1 Å². The third kappa shape index (κ3) is 6.61. The van der Waals surface area contributed by atoms with Crippen LogP contribution in [0.3, 0.4) is 0 Å². The van der Waals surface area contributed by atoms with E-state index in [-0.39, 0.29) is 29.1 Å². The zero-order chi connectivity index (χ0) is 26.6. The highest BCUT2D eigenvalue weighted by Crippen LogP contribution is 2.42. The summed E-state index contributed by atoms with van der Waals surface area (Å²) in [5.74, 6) is -0.310. The summed E-state index contributed by atoms with van der Waals surface area (Å²) in [6.45, 7) is 8.37. The van der Waals surface area contributed by atoms with Crippen LogP contribution < -0.4 is 5.32 Å². The Hall–Kier alpha value is -3.12. The average molecular weight is 519 g/mol. The van der Waals surface area contributed by atoms with Crippen LogP contribution in [-0.4, -0.2) is 34.6 Å². The summed E-state index contributed by atoms with van der Waals surface area (Å²) in [6.07, 6.45) is 1.65. The minimum absolute atomic E-state index is 0.0342. The first-order chi connectivity index (χ1) is 17.6. The molecule has 0 aliphatic carbocycles. The number of aryl methyl sites for hydroxylation is 1. The highest BCUT2D eigenvalue weighted by Gasteiger charge is 2.43. The number of amides is 2. The summed E-state index contributed by atoms with van der Waals surface area (Å²) >= 11 is 1.49. The van der Waals surface area contributed by atoms with Crippen LogP contribution in [0.15, 0.2) is 78.9 Å². The standard InChI is InChI=1S/C31H35FN2O2S/c1-21(13-14-22-9-6-5-7-10-22)33-28(35)27-20-37-30(24-11-8-12-26(32)19-24)34(27)29(36)23-15-17-25(18-16-23)31(2,3)4/h5-12,15-19,21,27,30H,13-14,20H2,1-4H3,(H,33,35). The lowest BCUT2D eigenvalue weighted by molar-refractivity contribution is -0.125. The van der Waals surface area contributed by atoms with Gasteiger partial charge in [-0.1, -0.05) is 75.4 Å². The van der Waals surface area contributed by atoms with E-state index in [4.69, 9.17) is 0 Å². The maximum absolute atomic E-state index is 14.1. The van der Waals surface area contributed by atoms with Gasteiger partial charge < -0.3 is 10.2 Å². The van der Waals surface area contributed by atoms with E-state index in [9.17, 15) is 14.0 Å². The molecule has 3 unspecified atom stereocenters. The Morgan fingerprint density at radius 3 is 2.38 bits per heavy atom. The lowest BCUT2D eigenvalue weighted by atomic mass is 9.86. The van der Waals surface area contributed by atoms with Crippen LogP contribution in [0.1, 0.15) is 66.5 Å². The quantitative estimate of drug-likeness (QED) is 0.388. The zero-order valence-corrected chi connectivity index (χ0v) is 22.7. The lowest BCUT2D eigenvalue weighted by Crippen LogP contribution is -2.50. The molecule has 1 saturated heterocycles. The number of nitrogens with zero attached hydrogens (tertiary/aromatic N) is 1. The van der Waals surface area contributed by atoms with Gasteiger partial charge in [0.25, 0.3) is 5.91 Å². The first kappa shape index (κ1) is 26.9. The van der Waals surface area contributed by atoms with E-state index in [1.54, 1.807) is 11.0 Å². The zero-order valence-electron chi connectivity index (χ0n) is 21.9. The monoisotopic (exact) mass is 518 g/mol. The predicted octanol–water partition coefficient (Wildman–Crippen LogP) is 6.52. The highest BCUT2D eigenvalue weighted by atomic mass is 32.2. The maximum Gasteiger partial charge on any atom is 0.255 e. The molecule has 37 heavy (non-hydrogen) atoms. The van der Waals surface area contributed by atoms with Crippen molar-refractivity contribution in [3.63, 3.8) is 0 Å². The number of halogens is 1. The smallest absolute Gasteiger partial charge is 0.255 e. The van der Waals surface area contributed by atoms with Crippen molar-refractivity contribution in [3.8, 4) is 0 Å². The predicted molar refractivity (Wildman–Crippen MR) is 149 cm³/mol. The molecule has 3 aromatic carbocycles. The van der Waals surface area contributed by atoms with Crippen molar-refractivity contribution in [1.29, 1.82) is 0 Å². The van der Waals surface area contributed by atoms with Crippen molar-refractivity contribution in [2.45, 2.75) is 63.4 Å². The molecule has 194 valence electrons. The largest absolute Gasteiger partial charge is 0.352 e. The van der Waals surface area contributed by atoms with Gasteiger partial charge in [-0.25, -0.2) is 4.39 Å². The molecule has 3 atom stereocenters. The normalized spacial score (nSPS) is 18.5. The number of hydrogen-bond donors (Lipinski definition) is 1. The number of carbonyl (C=O) groups is 2. The first-order valence-corrected chi connectivity index (χ1v) is 13.8. The first-order valence-electron chi connectivity index (χ1n) is 12.8. The minimum atomic E-state index is -0.646. The Bertz CT molecular complexity index is 1220. The minimum Gasteiger partial charge on any atom is -0.352 e. The fraction of sp³-hybridized carbons (Fsp3) is 0.355. The molecule has 1 aliphatic heterocycles. The van der Waals surface area contributed by atoms with Crippen LogP contribution >= 0.6 is 11.8 Å². The molecule has 0 aromatic heterocycles. The van der Waals surface area contributed by atoms with E-state index >= 15 is 0 Å². The third-order valence-electron chi connectivity index (χ3n) is 6.77. The Morgan fingerprint density at radius 2 is 1.73 bits per heavy atom. The van der Waals surface area contributed by atoms with Crippen molar-refractivity contribution < 1.29 is 14.0 Å². The van der Waals surface area contributed by atoms with Crippen molar-refractivity contribution in [2.75, 3.05) is 5.75 Å². The SMILES string of the molecule is CC(CCc1ccccc1)NC(=O)C1CSC(c2cccc(F)c2)N1C(=O)c1ccc(C(C)(C)C)cc1. The number of benzene rings is 3. The van der Waals surface area contributed by atoms with Gasteiger partial charge in [-0.3, -0.25) is 9.59 Å². The van der Waals surface area contributed by atoms with Gasteiger partial charge in [0.05, 0.1) is 0 Å². The molecule has 1 fully saturated rings. The number of carbonyl (C=O) groups excluding carboxylic acids is 2.